The van der Waals surface area contributed by atoms with E-state index < -0.39 is 0 Å². The minimum Gasteiger partial charge on any atom is -0.441 e. The molecule has 0 saturated carbocycles. The van der Waals surface area contributed by atoms with Crippen molar-refractivity contribution >= 4 is 6.09 Å². The van der Waals surface area contributed by atoms with Crippen LogP contribution in [0.5, 0.6) is 0 Å². The van der Waals surface area contributed by atoms with Gasteiger partial charge >= 0.3 is 6.09 Å². The topological polar surface area (TPSA) is 29.5 Å². The van der Waals surface area contributed by atoms with Crippen molar-refractivity contribution in [3.63, 3.8) is 0 Å². The number of benzene rings is 1. The van der Waals surface area contributed by atoms with Gasteiger partial charge in [-0.25, -0.2) is 4.79 Å². The highest BCUT2D eigenvalue weighted by atomic mass is 16.6. The summed E-state index contributed by atoms with van der Waals surface area (Å²) in [6, 6.07) is 10.3. The predicted octanol–water partition coefficient (Wildman–Crippen LogP) is 5.56. The number of carbonyl (C=O) groups is 1. The van der Waals surface area contributed by atoms with Gasteiger partial charge < -0.3 is 9.64 Å². The molecule has 0 spiro atoms. The molecule has 0 N–H and O–H groups in total. The minimum absolute atomic E-state index is 0.138. The zero-order valence-corrected chi connectivity index (χ0v) is 14.7. The fourth-order valence-electron chi connectivity index (χ4n) is 2.74. The molecule has 1 amide bonds. The van der Waals surface area contributed by atoms with E-state index in [1.807, 2.05) is 58.0 Å². The van der Waals surface area contributed by atoms with Crippen LogP contribution < -0.4 is 0 Å². The van der Waals surface area contributed by atoms with Crippen LogP contribution in [-0.2, 0) is 4.74 Å². The van der Waals surface area contributed by atoms with E-state index >= 15 is 0 Å². The molecule has 0 fully saturated rings. The monoisotopic (exact) mass is 305 g/mol. The van der Waals surface area contributed by atoms with E-state index in [0.29, 0.717) is 0 Å². The van der Waals surface area contributed by atoms with Gasteiger partial charge in [0.1, 0.15) is 6.10 Å². The van der Waals surface area contributed by atoms with Gasteiger partial charge in [0.25, 0.3) is 0 Å². The van der Waals surface area contributed by atoms with Crippen LogP contribution in [0.3, 0.4) is 0 Å². The van der Waals surface area contributed by atoms with Gasteiger partial charge in [0, 0.05) is 12.1 Å². The SMILES string of the molecule is CCCCCC(OC(=O)N(C(C)C)C(C)C)c1ccccc1. The summed E-state index contributed by atoms with van der Waals surface area (Å²) in [6.07, 6.45) is 3.93. The van der Waals surface area contributed by atoms with E-state index in [-0.39, 0.29) is 24.3 Å². The van der Waals surface area contributed by atoms with Gasteiger partial charge in [-0.2, -0.15) is 0 Å². The number of carbonyl (C=O) groups excluding carboxylic acids is 1. The Hall–Kier alpha value is -1.51. The second-order valence-electron chi connectivity index (χ2n) is 6.37. The number of rotatable bonds is 8. The largest absolute Gasteiger partial charge is 0.441 e. The second-order valence-corrected chi connectivity index (χ2v) is 6.37. The smallest absolute Gasteiger partial charge is 0.410 e. The highest BCUT2D eigenvalue weighted by molar-refractivity contribution is 5.68. The van der Waals surface area contributed by atoms with Crippen molar-refractivity contribution in [1.29, 1.82) is 0 Å². The van der Waals surface area contributed by atoms with Crippen LogP contribution in [0, 0.1) is 0 Å². The van der Waals surface area contributed by atoms with Gasteiger partial charge in [-0.3, -0.25) is 0 Å². The van der Waals surface area contributed by atoms with E-state index in [4.69, 9.17) is 4.74 Å². The summed E-state index contributed by atoms with van der Waals surface area (Å²) in [4.78, 5) is 14.3. The molecule has 0 aliphatic rings. The Morgan fingerprint density at radius 1 is 1.05 bits per heavy atom. The molecule has 0 radical (unpaired) electrons. The van der Waals surface area contributed by atoms with E-state index in [9.17, 15) is 4.79 Å². The zero-order chi connectivity index (χ0) is 16.5. The van der Waals surface area contributed by atoms with Gasteiger partial charge in [-0.05, 0) is 46.1 Å². The summed E-state index contributed by atoms with van der Waals surface area (Å²) in [7, 11) is 0. The normalized spacial score (nSPS) is 12.5. The first-order valence-electron chi connectivity index (χ1n) is 8.51. The summed E-state index contributed by atoms with van der Waals surface area (Å²) in [6.45, 7) is 10.3. The second kappa shape index (κ2) is 9.50. The molecule has 0 bridgehead atoms. The van der Waals surface area contributed by atoms with Crippen molar-refractivity contribution < 1.29 is 9.53 Å². The van der Waals surface area contributed by atoms with E-state index in [0.717, 1.165) is 18.4 Å². The molecule has 1 aromatic rings. The van der Waals surface area contributed by atoms with Gasteiger partial charge in [0.05, 0.1) is 0 Å². The van der Waals surface area contributed by atoms with Crippen LogP contribution in [0.1, 0.15) is 72.0 Å². The number of unbranched alkanes of at least 4 members (excludes halogenated alkanes) is 2. The highest BCUT2D eigenvalue weighted by Gasteiger charge is 2.25. The third kappa shape index (κ3) is 5.70. The Bertz CT molecular complexity index is 420. The molecule has 0 heterocycles. The molecule has 1 rings (SSSR count). The summed E-state index contributed by atoms with van der Waals surface area (Å²) >= 11 is 0. The molecule has 3 heteroatoms. The first-order chi connectivity index (χ1) is 10.5. The van der Waals surface area contributed by atoms with Gasteiger partial charge in [0.2, 0.25) is 0 Å². The van der Waals surface area contributed by atoms with Crippen molar-refractivity contribution in [2.45, 2.75) is 78.5 Å². The molecule has 1 unspecified atom stereocenters. The Morgan fingerprint density at radius 3 is 2.14 bits per heavy atom. The highest BCUT2D eigenvalue weighted by Crippen LogP contribution is 2.25. The van der Waals surface area contributed by atoms with Gasteiger partial charge in [0.15, 0.2) is 0 Å². The van der Waals surface area contributed by atoms with Crippen molar-refractivity contribution in [2.24, 2.45) is 0 Å². The molecule has 1 aromatic carbocycles. The molecular formula is C19H31NO2. The molecular weight excluding hydrogens is 274 g/mol. The average Bonchev–Trinajstić information content (AvgIpc) is 2.46. The lowest BCUT2D eigenvalue weighted by Crippen LogP contribution is -2.42. The van der Waals surface area contributed by atoms with Crippen LogP contribution in [0.4, 0.5) is 4.79 Å². The van der Waals surface area contributed by atoms with Crippen LogP contribution in [0.15, 0.2) is 30.3 Å². The van der Waals surface area contributed by atoms with Gasteiger partial charge in [-0.15, -0.1) is 0 Å². The quantitative estimate of drug-likeness (QED) is 0.588. The van der Waals surface area contributed by atoms with Crippen LogP contribution in [0.25, 0.3) is 0 Å². The fourth-order valence-corrected chi connectivity index (χ4v) is 2.74. The summed E-state index contributed by atoms with van der Waals surface area (Å²) in [5, 5.41) is 0. The minimum atomic E-state index is -0.213. The lowest BCUT2D eigenvalue weighted by atomic mass is 10.0. The third-order valence-corrected chi connectivity index (χ3v) is 3.81. The molecule has 22 heavy (non-hydrogen) atoms. The van der Waals surface area contributed by atoms with E-state index in [1.54, 1.807) is 4.90 Å². The molecule has 0 saturated heterocycles. The fraction of sp³-hybridized carbons (Fsp3) is 0.632. The van der Waals surface area contributed by atoms with E-state index in [1.165, 1.54) is 12.8 Å². The average molecular weight is 305 g/mol. The van der Waals surface area contributed by atoms with Crippen molar-refractivity contribution in [1.82, 2.24) is 4.90 Å². The Kier molecular flexibility index (Phi) is 8.00. The van der Waals surface area contributed by atoms with Crippen LogP contribution in [-0.4, -0.2) is 23.1 Å². The number of nitrogens with zero attached hydrogens (tertiary/aromatic N) is 1. The number of hydrogen-bond donors (Lipinski definition) is 0. The maximum atomic E-state index is 12.5. The number of ether oxygens (including phenoxy) is 1. The molecule has 3 nitrogen and oxygen atoms in total. The van der Waals surface area contributed by atoms with Crippen LogP contribution in [0.2, 0.25) is 0 Å². The Balaban J connectivity index is 2.81. The zero-order valence-electron chi connectivity index (χ0n) is 14.7. The van der Waals surface area contributed by atoms with Crippen molar-refractivity contribution in [3.8, 4) is 0 Å². The maximum absolute atomic E-state index is 12.5. The third-order valence-electron chi connectivity index (χ3n) is 3.81. The summed E-state index contributed by atoms with van der Waals surface area (Å²) in [5.74, 6) is 0. The summed E-state index contributed by atoms with van der Waals surface area (Å²) in [5.41, 5.74) is 1.08. The standard InChI is InChI=1S/C19H31NO2/c1-6-7-9-14-18(17-12-10-8-11-13-17)22-19(21)20(15(2)3)16(4)5/h8,10-13,15-16,18H,6-7,9,14H2,1-5H3. The van der Waals surface area contributed by atoms with Crippen LogP contribution >= 0.6 is 0 Å². The molecule has 0 aromatic heterocycles. The molecule has 0 aliphatic heterocycles. The lowest BCUT2D eigenvalue weighted by Gasteiger charge is -2.31. The Morgan fingerprint density at radius 2 is 1.64 bits per heavy atom. The first-order valence-corrected chi connectivity index (χ1v) is 8.51. The number of amides is 1. The van der Waals surface area contributed by atoms with Gasteiger partial charge in [-0.1, -0.05) is 50.1 Å². The van der Waals surface area contributed by atoms with E-state index in [2.05, 4.69) is 6.92 Å². The molecule has 1 atom stereocenters. The van der Waals surface area contributed by atoms with Crippen molar-refractivity contribution in [3.05, 3.63) is 35.9 Å². The van der Waals surface area contributed by atoms with Crippen molar-refractivity contribution in [2.75, 3.05) is 0 Å². The maximum Gasteiger partial charge on any atom is 0.410 e. The molecule has 124 valence electrons. The lowest BCUT2D eigenvalue weighted by molar-refractivity contribution is 0.0405. The first kappa shape index (κ1) is 18.5. The predicted molar refractivity (Wildman–Crippen MR) is 91.9 cm³/mol. The molecule has 0 aliphatic carbocycles. The summed E-state index contributed by atoms with van der Waals surface area (Å²) < 4.78 is 5.85. The number of hydrogen-bond acceptors (Lipinski definition) is 2. The Labute approximate surface area is 135 Å².